The van der Waals surface area contributed by atoms with Crippen LogP contribution in [0.15, 0.2) is 0 Å². The first-order chi connectivity index (χ1) is 8.24. The summed E-state index contributed by atoms with van der Waals surface area (Å²) in [6.07, 6.45) is 2.72. The van der Waals surface area contributed by atoms with Crippen LogP contribution in [0.25, 0.3) is 0 Å². The van der Waals surface area contributed by atoms with Gasteiger partial charge in [-0.3, -0.25) is 4.90 Å². The summed E-state index contributed by atoms with van der Waals surface area (Å²) in [7, 11) is 4.48. The quantitative estimate of drug-likeness (QED) is 0.725. The van der Waals surface area contributed by atoms with Crippen LogP contribution in [0.3, 0.4) is 0 Å². The summed E-state index contributed by atoms with van der Waals surface area (Å²) in [6, 6.07) is 0.743. The number of piperazine rings is 1. The second-order valence-corrected chi connectivity index (χ2v) is 5.70. The molecule has 0 aromatic heterocycles. The zero-order chi connectivity index (χ0) is 12.1. The van der Waals surface area contributed by atoms with Crippen LogP contribution < -0.4 is 5.32 Å². The molecule has 4 nitrogen and oxygen atoms in total. The molecule has 1 atom stereocenters. The lowest BCUT2D eigenvalue weighted by Gasteiger charge is -2.33. The molecule has 0 aromatic carbocycles. The zero-order valence-corrected chi connectivity index (χ0v) is 11.5. The number of likely N-dealkylation sites (N-methyl/N-ethyl adjacent to an activating group) is 2. The van der Waals surface area contributed by atoms with Gasteiger partial charge >= 0.3 is 0 Å². The molecule has 0 spiro atoms. The molecule has 2 saturated heterocycles. The minimum atomic E-state index is 0.743. The van der Waals surface area contributed by atoms with Crippen LogP contribution >= 0.6 is 0 Å². The second kappa shape index (κ2) is 6.69. The molecule has 100 valence electrons. The van der Waals surface area contributed by atoms with E-state index in [4.69, 9.17) is 0 Å². The molecule has 2 fully saturated rings. The van der Waals surface area contributed by atoms with Crippen molar-refractivity contribution in [3.63, 3.8) is 0 Å². The molecular formula is C13H28N4. The molecule has 0 bridgehead atoms. The van der Waals surface area contributed by atoms with Crippen molar-refractivity contribution < 1.29 is 0 Å². The summed E-state index contributed by atoms with van der Waals surface area (Å²) in [5, 5.41) is 3.57. The van der Waals surface area contributed by atoms with E-state index in [-0.39, 0.29) is 0 Å². The van der Waals surface area contributed by atoms with Gasteiger partial charge in [0.1, 0.15) is 0 Å². The van der Waals surface area contributed by atoms with Gasteiger partial charge in [-0.25, -0.2) is 0 Å². The highest BCUT2D eigenvalue weighted by Gasteiger charge is 2.17. The van der Waals surface area contributed by atoms with Gasteiger partial charge < -0.3 is 15.1 Å². The number of hydrogen-bond acceptors (Lipinski definition) is 4. The van der Waals surface area contributed by atoms with Crippen LogP contribution in [-0.2, 0) is 0 Å². The predicted octanol–water partition coefficient (Wildman–Crippen LogP) is -0.0824. The van der Waals surface area contributed by atoms with Crippen LogP contribution in [0.5, 0.6) is 0 Å². The van der Waals surface area contributed by atoms with Crippen molar-refractivity contribution in [2.24, 2.45) is 0 Å². The third-order valence-electron chi connectivity index (χ3n) is 4.09. The van der Waals surface area contributed by atoms with E-state index in [0.717, 1.165) is 6.04 Å². The third kappa shape index (κ3) is 4.54. The van der Waals surface area contributed by atoms with Crippen molar-refractivity contribution in [3.05, 3.63) is 0 Å². The van der Waals surface area contributed by atoms with Crippen LogP contribution in [-0.4, -0.2) is 87.2 Å². The molecule has 1 N–H and O–H groups in total. The highest BCUT2D eigenvalue weighted by Crippen LogP contribution is 2.06. The fraction of sp³-hybridized carbons (Fsp3) is 1.00. The van der Waals surface area contributed by atoms with Gasteiger partial charge in [-0.05, 0) is 33.5 Å². The van der Waals surface area contributed by atoms with Crippen LogP contribution in [0.1, 0.15) is 12.8 Å². The Balaban J connectivity index is 1.57. The molecule has 2 aliphatic rings. The first-order valence-corrected chi connectivity index (χ1v) is 7.07. The van der Waals surface area contributed by atoms with Gasteiger partial charge in [-0.1, -0.05) is 0 Å². The summed E-state index contributed by atoms with van der Waals surface area (Å²) >= 11 is 0. The highest BCUT2D eigenvalue weighted by atomic mass is 15.3. The monoisotopic (exact) mass is 240 g/mol. The van der Waals surface area contributed by atoms with Crippen molar-refractivity contribution in [3.8, 4) is 0 Å². The Kier molecular flexibility index (Phi) is 5.22. The summed E-state index contributed by atoms with van der Waals surface area (Å²) < 4.78 is 0. The average molecular weight is 240 g/mol. The van der Waals surface area contributed by atoms with Gasteiger partial charge in [0.2, 0.25) is 0 Å². The van der Waals surface area contributed by atoms with Crippen molar-refractivity contribution in [2.75, 3.05) is 66.5 Å². The maximum Gasteiger partial charge on any atom is 0.0195 e. The van der Waals surface area contributed by atoms with Gasteiger partial charge in [0.25, 0.3) is 0 Å². The Bertz CT molecular complexity index is 207. The molecule has 2 rings (SSSR count). The molecule has 0 aromatic rings. The lowest BCUT2D eigenvalue weighted by Crippen LogP contribution is -2.47. The highest BCUT2D eigenvalue weighted by molar-refractivity contribution is 4.77. The van der Waals surface area contributed by atoms with Gasteiger partial charge in [-0.15, -0.1) is 0 Å². The predicted molar refractivity (Wildman–Crippen MR) is 72.5 cm³/mol. The molecular weight excluding hydrogens is 212 g/mol. The number of nitrogens with one attached hydrogen (secondary N) is 1. The average Bonchev–Trinajstić information content (AvgIpc) is 2.81. The molecule has 0 aliphatic carbocycles. The third-order valence-corrected chi connectivity index (χ3v) is 4.09. The molecule has 0 radical (unpaired) electrons. The van der Waals surface area contributed by atoms with E-state index < -0.39 is 0 Å². The minimum absolute atomic E-state index is 0.743. The smallest absolute Gasteiger partial charge is 0.0195 e. The number of hydrogen-bond donors (Lipinski definition) is 1. The van der Waals surface area contributed by atoms with E-state index in [2.05, 4.69) is 34.1 Å². The van der Waals surface area contributed by atoms with Crippen molar-refractivity contribution >= 4 is 0 Å². The van der Waals surface area contributed by atoms with Gasteiger partial charge in [0.05, 0.1) is 0 Å². The molecule has 2 heterocycles. The number of rotatable bonds is 5. The molecule has 2 aliphatic heterocycles. The Morgan fingerprint density at radius 1 is 1.24 bits per heavy atom. The maximum atomic E-state index is 3.57. The zero-order valence-electron chi connectivity index (χ0n) is 11.5. The molecule has 1 unspecified atom stereocenters. The Morgan fingerprint density at radius 2 is 2.00 bits per heavy atom. The van der Waals surface area contributed by atoms with E-state index in [1.807, 2.05) is 0 Å². The Hall–Kier alpha value is -0.160. The van der Waals surface area contributed by atoms with E-state index >= 15 is 0 Å². The van der Waals surface area contributed by atoms with Crippen LogP contribution in [0, 0.1) is 0 Å². The lowest BCUT2D eigenvalue weighted by atomic mass is 10.2. The molecule has 0 amide bonds. The topological polar surface area (TPSA) is 21.8 Å². The first-order valence-electron chi connectivity index (χ1n) is 7.07. The summed E-state index contributed by atoms with van der Waals surface area (Å²) in [5.74, 6) is 0. The maximum absolute atomic E-state index is 3.57. The Labute approximate surface area is 106 Å². The normalized spacial score (nSPS) is 28.1. The summed E-state index contributed by atoms with van der Waals surface area (Å²) in [5.41, 5.74) is 0. The second-order valence-electron chi connectivity index (χ2n) is 5.70. The van der Waals surface area contributed by atoms with Gasteiger partial charge in [0.15, 0.2) is 0 Å². The lowest BCUT2D eigenvalue weighted by molar-refractivity contribution is 0.139. The fourth-order valence-electron chi connectivity index (χ4n) is 2.76. The van der Waals surface area contributed by atoms with E-state index in [0.29, 0.717) is 0 Å². The Morgan fingerprint density at radius 3 is 2.65 bits per heavy atom. The number of nitrogens with zero attached hydrogens (tertiary/aromatic N) is 3. The van der Waals surface area contributed by atoms with E-state index in [9.17, 15) is 0 Å². The molecule has 17 heavy (non-hydrogen) atoms. The SMILES string of the molecule is CN1CCN(CCN(C)CC2CCCN2)CC1. The molecule has 4 heteroatoms. The standard InChI is InChI=1S/C13H28N4/c1-15-6-9-17(10-7-15)11-8-16(2)12-13-4-3-5-14-13/h13-14H,3-12H2,1-2H3. The van der Waals surface area contributed by atoms with Crippen molar-refractivity contribution in [1.82, 2.24) is 20.0 Å². The summed E-state index contributed by atoms with van der Waals surface area (Å²) in [6.45, 7) is 9.82. The van der Waals surface area contributed by atoms with Crippen LogP contribution in [0.4, 0.5) is 0 Å². The first kappa shape index (κ1) is 13.3. The van der Waals surface area contributed by atoms with Gasteiger partial charge in [-0.2, -0.15) is 0 Å². The largest absolute Gasteiger partial charge is 0.313 e. The molecule has 0 saturated carbocycles. The van der Waals surface area contributed by atoms with E-state index in [1.54, 1.807) is 0 Å². The van der Waals surface area contributed by atoms with Crippen molar-refractivity contribution in [1.29, 1.82) is 0 Å². The van der Waals surface area contributed by atoms with Crippen LogP contribution in [0.2, 0.25) is 0 Å². The fourth-order valence-corrected chi connectivity index (χ4v) is 2.76. The minimum Gasteiger partial charge on any atom is -0.313 e. The van der Waals surface area contributed by atoms with E-state index in [1.165, 1.54) is 65.2 Å². The van der Waals surface area contributed by atoms with Crippen molar-refractivity contribution in [2.45, 2.75) is 18.9 Å². The van der Waals surface area contributed by atoms with Gasteiger partial charge in [0, 0.05) is 51.9 Å². The summed E-state index contributed by atoms with van der Waals surface area (Å²) in [4.78, 5) is 7.50.